The first-order chi connectivity index (χ1) is 13.3. The van der Waals surface area contributed by atoms with E-state index >= 15 is 0 Å². The lowest BCUT2D eigenvalue weighted by atomic mass is 10.1. The van der Waals surface area contributed by atoms with Gasteiger partial charge in [0.25, 0.3) is 0 Å². The fraction of sp³-hybridized carbons (Fsp3) is 0.174. The van der Waals surface area contributed by atoms with Crippen molar-refractivity contribution in [3.63, 3.8) is 0 Å². The first-order valence-corrected chi connectivity index (χ1v) is 9.00. The molecule has 1 aromatic heterocycles. The van der Waals surface area contributed by atoms with Gasteiger partial charge >= 0.3 is 5.97 Å². The average Bonchev–Trinajstić information content (AvgIpc) is 3.09. The Morgan fingerprint density at radius 3 is 2.48 bits per heavy atom. The van der Waals surface area contributed by atoms with Gasteiger partial charge in [0.1, 0.15) is 12.2 Å². The summed E-state index contributed by atoms with van der Waals surface area (Å²) in [5.41, 5.74) is 2.35. The van der Waals surface area contributed by atoms with Crippen molar-refractivity contribution in [2.45, 2.75) is 20.1 Å². The molecule has 0 N–H and O–H groups in total. The second-order valence-electron chi connectivity index (χ2n) is 6.26. The first kappa shape index (κ1) is 17.3. The zero-order chi connectivity index (χ0) is 18.6. The van der Waals surface area contributed by atoms with Crippen LogP contribution in [0.25, 0.3) is 21.7 Å². The quantitative estimate of drug-likeness (QED) is 0.427. The summed E-state index contributed by atoms with van der Waals surface area (Å²) in [6.07, 6.45) is 0. The zero-order valence-electron chi connectivity index (χ0n) is 15.1. The van der Waals surface area contributed by atoms with E-state index in [9.17, 15) is 4.79 Å². The van der Waals surface area contributed by atoms with Crippen molar-refractivity contribution < 1.29 is 18.7 Å². The number of fused-ring (bicyclic) bond motifs is 2. The summed E-state index contributed by atoms with van der Waals surface area (Å²) in [5.74, 6) is -0.265. The third-order valence-corrected chi connectivity index (χ3v) is 4.57. The van der Waals surface area contributed by atoms with Gasteiger partial charge in [-0.05, 0) is 29.3 Å². The van der Waals surface area contributed by atoms with Crippen LogP contribution in [0.5, 0.6) is 0 Å². The van der Waals surface area contributed by atoms with Crippen molar-refractivity contribution in [2.24, 2.45) is 0 Å². The van der Waals surface area contributed by atoms with Crippen molar-refractivity contribution in [2.75, 3.05) is 6.61 Å². The van der Waals surface area contributed by atoms with Crippen LogP contribution >= 0.6 is 0 Å². The molecule has 4 heteroatoms. The highest BCUT2D eigenvalue weighted by Crippen LogP contribution is 2.28. The molecule has 4 rings (SSSR count). The minimum atomic E-state index is -0.478. The van der Waals surface area contributed by atoms with E-state index in [4.69, 9.17) is 13.9 Å². The number of carbonyl (C=O) groups excluding carboxylic acids is 1. The van der Waals surface area contributed by atoms with Crippen LogP contribution in [0.4, 0.5) is 0 Å². The molecule has 0 atom stereocenters. The molecule has 0 aliphatic heterocycles. The molecule has 27 heavy (non-hydrogen) atoms. The summed E-state index contributed by atoms with van der Waals surface area (Å²) in [5, 5.41) is 3.07. The number of furan rings is 1. The molecule has 1 heterocycles. The largest absolute Gasteiger partial charge is 0.455 e. The average molecular weight is 360 g/mol. The Balaban J connectivity index is 1.61. The Bertz CT molecular complexity index is 1090. The van der Waals surface area contributed by atoms with Crippen LogP contribution in [0.15, 0.2) is 71.1 Å². The van der Waals surface area contributed by atoms with Crippen LogP contribution in [0.3, 0.4) is 0 Å². The molecule has 0 fully saturated rings. The van der Waals surface area contributed by atoms with Crippen molar-refractivity contribution >= 4 is 27.7 Å². The highest BCUT2D eigenvalue weighted by molar-refractivity contribution is 5.96. The second kappa shape index (κ2) is 7.64. The fourth-order valence-corrected chi connectivity index (χ4v) is 3.24. The molecule has 0 saturated carbocycles. The SMILES string of the molecule is CCOCc1c(C(=O)OCc2cccc3ccccc23)oc2ccccc12. The number of hydrogen-bond donors (Lipinski definition) is 0. The van der Waals surface area contributed by atoms with E-state index in [2.05, 4.69) is 0 Å². The number of carbonyl (C=O) groups is 1. The fourth-order valence-electron chi connectivity index (χ4n) is 3.24. The Morgan fingerprint density at radius 1 is 0.889 bits per heavy atom. The van der Waals surface area contributed by atoms with E-state index in [1.165, 1.54) is 0 Å². The van der Waals surface area contributed by atoms with Gasteiger partial charge in [0.05, 0.1) is 6.61 Å². The van der Waals surface area contributed by atoms with Gasteiger partial charge in [0.2, 0.25) is 5.76 Å². The highest BCUT2D eigenvalue weighted by atomic mass is 16.5. The summed E-state index contributed by atoms with van der Waals surface area (Å²) >= 11 is 0. The summed E-state index contributed by atoms with van der Waals surface area (Å²) in [7, 11) is 0. The number of benzene rings is 3. The third kappa shape index (κ3) is 3.44. The third-order valence-electron chi connectivity index (χ3n) is 4.57. The molecule has 4 nitrogen and oxygen atoms in total. The molecule has 0 unspecified atom stereocenters. The molecule has 0 aliphatic rings. The first-order valence-electron chi connectivity index (χ1n) is 9.00. The predicted molar refractivity (Wildman–Crippen MR) is 105 cm³/mol. The van der Waals surface area contributed by atoms with Gasteiger partial charge in [0, 0.05) is 17.6 Å². The monoisotopic (exact) mass is 360 g/mol. The number of para-hydroxylation sites is 1. The maximum atomic E-state index is 12.7. The second-order valence-corrected chi connectivity index (χ2v) is 6.26. The molecule has 0 amide bonds. The van der Waals surface area contributed by atoms with Crippen molar-refractivity contribution in [1.29, 1.82) is 0 Å². The highest BCUT2D eigenvalue weighted by Gasteiger charge is 2.22. The lowest BCUT2D eigenvalue weighted by Gasteiger charge is -2.08. The lowest BCUT2D eigenvalue weighted by Crippen LogP contribution is -2.08. The Kier molecular flexibility index (Phi) is 4.90. The van der Waals surface area contributed by atoms with Crippen LogP contribution < -0.4 is 0 Å². The van der Waals surface area contributed by atoms with Crippen LogP contribution in [-0.4, -0.2) is 12.6 Å². The summed E-state index contributed by atoms with van der Waals surface area (Å²) in [4.78, 5) is 12.7. The van der Waals surface area contributed by atoms with E-state index < -0.39 is 5.97 Å². The Morgan fingerprint density at radius 2 is 1.63 bits per heavy atom. The van der Waals surface area contributed by atoms with Crippen LogP contribution in [0.2, 0.25) is 0 Å². The molecule has 0 radical (unpaired) electrons. The lowest BCUT2D eigenvalue weighted by molar-refractivity contribution is 0.0432. The molecule has 0 aliphatic carbocycles. The van der Waals surface area contributed by atoms with Gasteiger partial charge in [-0.25, -0.2) is 4.79 Å². The van der Waals surface area contributed by atoms with E-state index in [1.54, 1.807) is 0 Å². The molecule has 0 saturated heterocycles. The Labute approximate surface area is 157 Å². The normalized spacial score (nSPS) is 11.1. The van der Waals surface area contributed by atoms with Gasteiger partial charge in [0.15, 0.2) is 0 Å². The summed E-state index contributed by atoms with van der Waals surface area (Å²) in [6, 6.07) is 21.6. The molecule has 0 bridgehead atoms. The van der Waals surface area contributed by atoms with E-state index in [0.717, 1.165) is 27.3 Å². The molecule has 3 aromatic carbocycles. The summed E-state index contributed by atoms with van der Waals surface area (Å²) < 4.78 is 16.9. The van der Waals surface area contributed by atoms with Crippen LogP contribution in [0, 0.1) is 0 Å². The van der Waals surface area contributed by atoms with E-state index in [0.29, 0.717) is 18.8 Å². The topological polar surface area (TPSA) is 48.7 Å². The Hall–Kier alpha value is -3.11. The molecule has 4 aromatic rings. The number of hydrogen-bond acceptors (Lipinski definition) is 4. The minimum Gasteiger partial charge on any atom is -0.455 e. The van der Waals surface area contributed by atoms with Crippen molar-refractivity contribution in [3.8, 4) is 0 Å². The maximum absolute atomic E-state index is 12.7. The van der Waals surface area contributed by atoms with E-state index in [1.807, 2.05) is 73.7 Å². The molecule has 0 spiro atoms. The van der Waals surface area contributed by atoms with Gasteiger partial charge in [-0.2, -0.15) is 0 Å². The predicted octanol–water partition coefficient (Wildman–Crippen LogP) is 5.48. The van der Waals surface area contributed by atoms with Crippen LogP contribution in [0.1, 0.15) is 28.6 Å². The van der Waals surface area contributed by atoms with Gasteiger partial charge in [-0.3, -0.25) is 0 Å². The van der Waals surface area contributed by atoms with Gasteiger partial charge in [-0.15, -0.1) is 0 Å². The smallest absolute Gasteiger partial charge is 0.374 e. The number of ether oxygens (including phenoxy) is 2. The van der Waals surface area contributed by atoms with Crippen LogP contribution in [-0.2, 0) is 22.7 Å². The molecular weight excluding hydrogens is 340 g/mol. The molecular formula is C23H20O4. The summed E-state index contributed by atoms with van der Waals surface area (Å²) in [6.45, 7) is 2.97. The molecule has 136 valence electrons. The van der Waals surface area contributed by atoms with Gasteiger partial charge < -0.3 is 13.9 Å². The van der Waals surface area contributed by atoms with Crippen molar-refractivity contribution in [1.82, 2.24) is 0 Å². The minimum absolute atomic E-state index is 0.186. The number of rotatable bonds is 6. The number of esters is 1. The maximum Gasteiger partial charge on any atom is 0.374 e. The van der Waals surface area contributed by atoms with E-state index in [-0.39, 0.29) is 12.4 Å². The standard InChI is InChI=1S/C23H20O4/c1-2-25-15-20-19-12-5-6-13-21(19)27-22(20)23(24)26-14-17-10-7-9-16-8-3-4-11-18(16)17/h3-13H,2,14-15H2,1H3. The zero-order valence-corrected chi connectivity index (χ0v) is 15.1. The van der Waals surface area contributed by atoms with Gasteiger partial charge in [-0.1, -0.05) is 60.7 Å². The van der Waals surface area contributed by atoms with Crippen molar-refractivity contribution in [3.05, 3.63) is 83.6 Å².